The Morgan fingerprint density at radius 3 is 2.18 bits per heavy atom. The van der Waals surface area contributed by atoms with Crippen molar-refractivity contribution >= 4 is 11.8 Å². The van der Waals surface area contributed by atoms with Gasteiger partial charge in [-0.1, -0.05) is 60.7 Å². The molecule has 3 atom stereocenters. The summed E-state index contributed by atoms with van der Waals surface area (Å²) in [5, 5.41) is 0. The summed E-state index contributed by atoms with van der Waals surface area (Å²) in [7, 11) is 0. The molecule has 0 amide bonds. The second-order valence-corrected chi connectivity index (χ2v) is 6.65. The van der Waals surface area contributed by atoms with Gasteiger partial charge in [0.25, 0.3) is 0 Å². The molecule has 4 nitrogen and oxygen atoms in total. The van der Waals surface area contributed by atoms with Gasteiger partial charge < -0.3 is 9.47 Å². The second kappa shape index (κ2) is 8.56. The summed E-state index contributed by atoms with van der Waals surface area (Å²) < 4.78 is 48.4. The minimum Gasteiger partial charge on any atom is -0.456 e. The lowest BCUT2D eigenvalue weighted by molar-refractivity contribution is -0.212. The van der Waals surface area contributed by atoms with E-state index < -0.39 is 30.5 Å². The quantitative estimate of drug-likeness (QED) is 0.549. The Labute approximate surface area is 160 Å². The normalized spacial score (nSPS) is 22.5. The number of carbonyl (C=O) groups is 2. The first kappa shape index (κ1) is 20.1. The zero-order chi connectivity index (χ0) is 20.1. The molecule has 0 unspecified atom stereocenters. The van der Waals surface area contributed by atoms with Crippen LogP contribution in [0, 0.1) is 0 Å². The maximum Gasteiger partial charge on any atom is 0.490 e. The molecule has 0 spiro atoms. The molecule has 1 aliphatic heterocycles. The fraction of sp³-hybridized carbons (Fsp3) is 0.333. The van der Waals surface area contributed by atoms with E-state index in [0.29, 0.717) is 5.56 Å². The Kier molecular flexibility index (Phi) is 6.14. The van der Waals surface area contributed by atoms with Crippen LogP contribution in [0.1, 0.15) is 41.3 Å². The highest BCUT2D eigenvalue weighted by Gasteiger charge is 2.44. The monoisotopic (exact) mass is 392 g/mol. The van der Waals surface area contributed by atoms with Gasteiger partial charge in [0.05, 0.1) is 12.2 Å². The molecular weight excluding hydrogens is 373 g/mol. The SMILES string of the molecule is O=C(C[C@H]1C[C@@H](OC(=O)C(F)(F)F)C[C@@H](c2ccccc2)O1)c1ccccc1. The molecule has 7 heteroatoms. The first-order valence-electron chi connectivity index (χ1n) is 8.89. The number of hydrogen-bond acceptors (Lipinski definition) is 4. The molecule has 0 bridgehead atoms. The van der Waals surface area contributed by atoms with Gasteiger partial charge in [0, 0.05) is 24.8 Å². The molecule has 0 radical (unpaired) electrons. The number of esters is 1. The van der Waals surface area contributed by atoms with Gasteiger partial charge in [-0.2, -0.15) is 13.2 Å². The van der Waals surface area contributed by atoms with Crippen LogP contribution >= 0.6 is 0 Å². The van der Waals surface area contributed by atoms with E-state index in [2.05, 4.69) is 4.74 Å². The van der Waals surface area contributed by atoms with Gasteiger partial charge in [-0.25, -0.2) is 4.79 Å². The molecule has 1 aliphatic rings. The van der Waals surface area contributed by atoms with Gasteiger partial charge in [0.15, 0.2) is 5.78 Å². The molecule has 0 N–H and O–H groups in total. The number of ether oxygens (including phenoxy) is 2. The van der Waals surface area contributed by atoms with E-state index in [1.807, 2.05) is 6.07 Å². The fourth-order valence-electron chi connectivity index (χ4n) is 3.25. The van der Waals surface area contributed by atoms with Gasteiger partial charge >= 0.3 is 12.1 Å². The Hall–Kier alpha value is -2.67. The highest BCUT2D eigenvalue weighted by molar-refractivity contribution is 5.96. The van der Waals surface area contributed by atoms with Gasteiger partial charge in [-0.3, -0.25) is 4.79 Å². The third-order valence-corrected chi connectivity index (χ3v) is 4.54. The van der Waals surface area contributed by atoms with Crippen LogP contribution in [-0.2, 0) is 14.3 Å². The summed E-state index contributed by atoms with van der Waals surface area (Å²) >= 11 is 0. The Balaban J connectivity index is 1.75. The maximum absolute atomic E-state index is 12.6. The lowest BCUT2D eigenvalue weighted by atomic mass is 9.93. The molecule has 28 heavy (non-hydrogen) atoms. The molecule has 0 aromatic heterocycles. The van der Waals surface area contributed by atoms with E-state index in [1.165, 1.54) is 0 Å². The van der Waals surface area contributed by atoms with Gasteiger partial charge in [-0.15, -0.1) is 0 Å². The van der Waals surface area contributed by atoms with E-state index in [4.69, 9.17) is 4.74 Å². The fourth-order valence-corrected chi connectivity index (χ4v) is 3.25. The summed E-state index contributed by atoms with van der Waals surface area (Å²) in [5.41, 5.74) is 1.25. The predicted molar refractivity (Wildman–Crippen MR) is 94.6 cm³/mol. The van der Waals surface area contributed by atoms with E-state index in [-0.39, 0.29) is 25.0 Å². The van der Waals surface area contributed by atoms with Crippen molar-refractivity contribution in [3.8, 4) is 0 Å². The lowest BCUT2D eigenvalue weighted by Crippen LogP contribution is -2.38. The van der Waals surface area contributed by atoms with Crippen LogP contribution in [0.3, 0.4) is 0 Å². The van der Waals surface area contributed by atoms with Crippen molar-refractivity contribution in [1.29, 1.82) is 0 Å². The highest BCUT2D eigenvalue weighted by Crippen LogP contribution is 2.35. The summed E-state index contributed by atoms with van der Waals surface area (Å²) in [4.78, 5) is 23.7. The third kappa shape index (κ3) is 5.19. The molecule has 2 aromatic carbocycles. The van der Waals surface area contributed by atoms with Gasteiger partial charge in [0.2, 0.25) is 0 Å². The lowest BCUT2D eigenvalue weighted by Gasteiger charge is -2.35. The Morgan fingerprint density at radius 2 is 1.57 bits per heavy atom. The minimum absolute atomic E-state index is 0.00653. The van der Waals surface area contributed by atoms with E-state index in [0.717, 1.165) is 5.56 Å². The van der Waals surface area contributed by atoms with Crippen LogP contribution in [0.5, 0.6) is 0 Å². The van der Waals surface area contributed by atoms with Crippen LogP contribution in [0.2, 0.25) is 0 Å². The van der Waals surface area contributed by atoms with Crippen molar-refractivity contribution < 1.29 is 32.2 Å². The zero-order valence-corrected chi connectivity index (χ0v) is 14.9. The number of alkyl halides is 3. The number of carbonyl (C=O) groups excluding carboxylic acids is 2. The molecule has 1 saturated heterocycles. The number of halogens is 3. The third-order valence-electron chi connectivity index (χ3n) is 4.54. The van der Waals surface area contributed by atoms with Crippen molar-refractivity contribution in [2.75, 3.05) is 0 Å². The van der Waals surface area contributed by atoms with Crippen LogP contribution in [0.25, 0.3) is 0 Å². The first-order chi connectivity index (χ1) is 13.3. The average Bonchev–Trinajstić information content (AvgIpc) is 2.68. The smallest absolute Gasteiger partial charge is 0.456 e. The number of benzene rings is 2. The Bertz CT molecular complexity index is 805. The number of rotatable bonds is 5. The van der Waals surface area contributed by atoms with Crippen LogP contribution in [-0.4, -0.2) is 30.1 Å². The maximum atomic E-state index is 12.6. The predicted octanol–water partition coefficient (Wildman–Crippen LogP) is 4.65. The van der Waals surface area contributed by atoms with Crippen molar-refractivity contribution in [1.82, 2.24) is 0 Å². The molecule has 1 heterocycles. The standard InChI is InChI=1S/C21H19F3O4/c22-21(23,24)20(26)28-17-11-16(12-18(25)14-7-3-1-4-8-14)27-19(13-17)15-9-5-2-6-10-15/h1-10,16-17,19H,11-13H2/t16-,17-,19+/m1/s1. The topological polar surface area (TPSA) is 52.6 Å². The number of ketones is 1. The highest BCUT2D eigenvalue weighted by atomic mass is 19.4. The van der Waals surface area contributed by atoms with Crippen LogP contribution in [0.4, 0.5) is 13.2 Å². The molecular formula is C21H19F3O4. The van der Waals surface area contributed by atoms with Crippen LogP contribution in [0.15, 0.2) is 60.7 Å². The summed E-state index contributed by atoms with van der Waals surface area (Å²) in [6.45, 7) is 0. The van der Waals surface area contributed by atoms with Crippen molar-refractivity contribution in [2.24, 2.45) is 0 Å². The van der Waals surface area contributed by atoms with Crippen LogP contribution < -0.4 is 0 Å². The average molecular weight is 392 g/mol. The molecule has 2 aromatic rings. The molecule has 1 fully saturated rings. The van der Waals surface area contributed by atoms with Gasteiger partial charge in [-0.05, 0) is 5.56 Å². The van der Waals surface area contributed by atoms with Crippen molar-refractivity contribution in [3.05, 3.63) is 71.8 Å². The zero-order valence-electron chi connectivity index (χ0n) is 14.9. The van der Waals surface area contributed by atoms with E-state index in [1.54, 1.807) is 54.6 Å². The largest absolute Gasteiger partial charge is 0.490 e. The molecule has 0 aliphatic carbocycles. The Morgan fingerprint density at radius 1 is 0.964 bits per heavy atom. The second-order valence-electron chi connectivity index (χ2n) is 6.65. The van der Waals surface area contributed by atoms with Crippen molar-refractivity contribution in [3.63, 3.8) is 0 Å². The summed E-state index contributed by atoms with van der Waals surface area (Å²) in [5.74, 6) is -2.40. The number of Topliss-reactive ketones (excluding diaryl/α,β-unsaturated/α-hetero) is 1. The van der Waals surface area contributed by atoms with E-state index in [9.17, 15) is 22.8 Å². The summed E-state index contributed by atoms with van der Waals surface area (Å²) in [6.07, 6.45) is -7.14. The number of hydrogen-bond donors (Lipinski definition) is 0. The summed E-state index contributed by atoms with van der Waals surface area (Å²) in [6, 6.07) is 17.5. The van der Waals surface area contributed by atoms with E-state index >= 15 is 0 Å². The molecule has 148 valence electrons. The molecule has 3 rings (SSSR count). The first-order valence-corrected chi connectivity index (χ1v) is 8.89. The molecule has 0 saturated carbocycles. The minimum atomic E-state index is -5.06. The van der Waals surface area contributed by atoms with Crippen molar-refractivity contribution in [2.45, 2.75) is 43.8 Å². The van der Waals surface area contributed by atoms with Gasteiger partial charge in [0.1, 0.15) is 6.10 Å².